The van der Waals surface area contributed by atoms with Crippen molar-refractivity contribution in [2.45, 2.75) is 50.7 Å². The highest BCUT2D eigenvalue weighted by Gasteiger charge is 2.29. The van der Waals surface area contributed by atoms with Crippen LogP contribution in [0.3, 0.4) is 0 Å². The molecule has 1 aromatic rings. The maximum Gasteiger partial charge on any atom is 0.123 e. The van der Waals surface area contributed by atoms with Gasteiger partial charge in [0.15, 0.2) is 0 Å². The van der Waals surface area contributed by atoms with Gasteiger partial charge >= 0.3 is 0 Å². The van der Waals surface area contributed by atoms with Crippen molar-refractivity contribution >= 4 is 15.9 Å². The van der Waals surface area contributed by atoms with Crippen molar-refractivity contribution in [1.29, 1.82) is 0 Å². The summed E-state index contributed by atoms with van der Waals surface area (Å²) in [5.74, 6) is 0. The summed E-state index contributed by atoms with van der Waals surface area (Å²) in [5, 5.41) is 0. The van der Waals surface area contributed by atoms with Gasteiger partial charge in [0.05, 0.1) is 0 Å². The maximum atomic E-state index is 13.3. The predicted octanol–water partition coefficient (Wildman–Crippen LogP) is 4.60. The third-order valence-electron chi connectivity index (χ3n) is 3.75. The first-order chi connectivity index (χ1) is 8.03. The van der Waals surface area contributed by atoms with E-state index in [1.54, 1.807) is 6.92 Å². The van der Waals surface area contributed by atoms with Gasteiger partial charge in [0, 0.05) is 10.0 Å². The van der Waals surface area contributed by atoms with Crippen LogP contribution in [0, 0.1) is 0 Å². The fourth-order valence-electron chi connectivity index (χ4n) is 2.63. The molecule has 3 heteroatoms. The van der Waals surface area contributed by atoms with Crippen LogP contribution in [-0.2, 0) is 5.54 Å². The Morgan fingerprint density at radius 2 is 1.94 bits per heavy atom. The van der Waals surface area contributed by atoms with Gasteiger partial charge in [-0.25, -0.2) is 4.39 Å². The molecule has 2 rings (SSSR count). The average molecular weight is 300 g/mol. The molecular formula is C14H19BrFN. The number of hydrogen-bond donors (Lipinski definition) is 1. The Morgan fingerprint density at radius 3 is 2.47 bits per heavy atom. The Balaban J connectivity index is 2.30. The van der Waals surface area contributed by atoms with E-state index < -0.39 is 6.17 Å². The second kappa shape index (κ2) is 5.07. The zero-order valence-electron chi connectivity index (χ0n) is 10.2. The van der Waals surface area contributed by atoms with Crippen molar-refractivity contribution in [2.24, 2.45) is 5.73 Å². The summed E-state index contributed by atoms with van der Waals surface area (Å²) >= 11 is 3.44. The lowest BCUT2D eigenvalue weighted by molar-refractivity contribution is 0.302. The molecule has 94 valence electrons. The van der Waals surface area contributed by atoms with E-state index in [2.05, 4.69) is 15.9 Å². The minimum atomic E-state index is -0.946. The van der Waals surface area contributed by atoms with Gasteiger partial charge in [0.1, 0.15) is 6.17 Å². The molecule has 1 aliphatic carbocycles. The molecule has 1 nitrogen and oxygen atoms in total. The number of nitrogens with two attached hydrogens (primary N) is 1. The molecular weight excluding hydrogens is 281 g/mol. The molecule has 1 aliphatic rings. The van der Waals surface area contributed by atoms with Crippen molar-refractivity contribution in [1.82, 2.24) is 0 Å². The monoisotopic (exact) mass is 299 g/mol. The van der Waals surface area contributed by atoms with Gasteiger partial charge in [-0.1, -0.05) is 47.3 Å². The zero-order chi connectivity index (χ0) is 12.5. The lowest BCUT2D eigenvalue weighted by Gasteiger charge is -2.34. The van der Waals surface area contributed by atoms with Crippen molar-refractivity contribution in [3.63, 3.8) is 0 Å². The SMILES string of the molecule is CC(F)c1ccc(C2(N)CCCCC2)cc1Br. The Morgan fingerprint density at radius 1 is 1.29 bits per heavy atom. The zero-order valence-corrected chi connectivity index (χ0v) is 11.8. The molecule has 1 unspecified atom stereocenters. The van der Waals surface area contributed by atoms with E-state index in [0.29, 0.717) is 5.56 Å². The number of rotatable bonds is 2. The highest BCUT2D eigenvalue weighted by molar-refractivity contribution is 9.10. The van der Waals surface area contributed by atoms with Gasteiger partial charge in [-0.05, 0) is 37.0 Å². The van der Waals surface area contributed by atoms with Crippen LogP contribution in [0.25, 0.3) is 0 Å². The molecule has 0 radical (unpaired) electrons. The van der Waals surface area contributed by atoms with E-state index in [0.717, 1.165) is 22.9 Å². The molecule has 0 bridgehead atoms. The van der Waals surface area contributed by atoms with Gasteiger partial charge in [0.25, 0.3) is 0 Å². The van der Waals surface area contributed by atoms with E-state index in [-0.39, 0.29) is 5.54 Å². The summed E-state index contributed by atoms with van der Waals surface area (Å²) in [5.41, 5.74) is 8.09. The molecule has 2 N–H and O–H groups in total. The Kier molecular flexibility index (Phi) is 3.88. The lowest BCUT2D eigenvalue weighted by atomic mass is 9.77. The Labute approximate surface area is 111 Å². The van der Waals surface area contributed by atoms with Crippen LogP contribution in [0.5, 0.6) is 0 Å². The van der Waals surface area contributed by atoms with Crippen molar-refractivity contribution < 1.29 is 4.39 Å². The quantitative estimate of drug-likeness (QED) is 0.849. The van der Waals surface area contributed by atoms with Crippen LogP contribution in [0.1, 0.15) is 56.3 Å². The van der Waals surface area contributed by atoms with Crippen molar-refractivity contribution in [2.75, 3.05) is 0 Å². The van der Waals surface area contributed by atoms with Crippen molar-refractivity contribution in [3.05, 3.63) is 33.8 Å². The van der Waals surface area contributed by atoms with Gasteiger partial charge in [-0.2, -0.15) is 0 Å². The summed E-state index contributed by atoms with van der Waals surface area (Å²) in [6.07, 6.45) is 4.77. The molecule has 0 saturated heterocycles. The third kappa shape index (κ3) is 2.71. The molecule has 17 heavy (non-hydrogen) atoms. The van der Waals surface area contributed by atoms with E-state index in [1.807, 2.05) is 18.2 Å². The average Bonchev–Trinajstić information content (AvgIpc) is 2.29. The first-order valence-electron chi connectivity index (χ1n) is 6.26. The molecule has 1 fully saturated rings. The predicted molar refractivity (Wildman–Crippen MR) is 72.6 cm³/mol. The van der Waals surface area contributed by atoms with Gasteiger partial charge in [-0.15, -0.1) is 0 Å². The maximum absolute atomic E-state index is 13.3. The summed E-state index contributed by atoms with van der Waals surface area (Å²) in [4.78, 5) is 0. The molecule has 0 aliphatic heterocycles. The standard InChI is InChI=1S/C14H19BrFN/c1-10(16)12-6-5-11(9-13(12)15)14(17)7-3-2-4-8-14/h5-6,9-10H,2-4,7-8,17H2,1H3. The lowest BCUT2D eigenvalue weighted by Crippen LogP contribution is -2.38. The van der Waals surface area contributed by atoms with Crippen LogP contribution in [0.15, 0.2) is 22.7 Å². The van der Waals surface area contributed by atoms with Crippen LogP contribution >= 0.6 is 15.9 Å². The highest BCUT2D eigenvalue weighted by atomic mass is 79.9. The number of halogens is 2. The number of benzene rings is 1. The molecule has 1 saturated carbocycles. The summed E-state index contributed by atoms with van der Waals surface area (Å²) in [7, 11) is 0. The topological polar surface area (TPSA) is 26.0 Å². The molecule has 0 spiro atoms. The largest absolute Gasteiger partial charge is 0.321 e. The highest BCUT2D eigenvalue weighted by Crippen LogP contribution is 2.37. The van der Waals surface area contributed by atoms with Crippen molar-refractivity contribution in [3.8, 4) is 0 Å². The van der Waals surface area contributed by atoms with Gasteiger partial charge < -0.3 is 5.73 Å². The second-order valence-corrected chi connectivity index (χ2v) is 5.92. The fourth-order valence-corrected chi connectivity index (χ4v) is 3.33. The van der Waals surface area contributed by atoms with E-state index >= 15 is 0 Å². The van der Waals surface area contributed by atoms with E-state index in [4.69, 9.17) is 5.73 Å². The van der Waals surface area contributed by atoms with E-state index in [1.165, 1.54) is 19.3 Å². The Hall–Kier alpha value is -0.410. The fraction of sp³-hybridized carbons (Fsp3) is 0.571. The minimum absolute atomic E-state index is 0.209. The summed E-state index contributed by atoms with van der Waals surface area (Å²) < 4.78 is 14.1. The molecule has 1 atom stereocenters. The van der Waals surface area contributed by atoms with Crippen LogP contribution in [0.4, 0.5) is 4.39 Å². The first-order valence-corrected chi connectivity index (χ1v) is 7.05. The molecule has 0 heterocycles. The summed E-state index contributed by atoms with van der Waals surface area (Å²) in [6.45, 7) is 1.55. The van der Waals surface area contributed by atoms with Crippen LogP contribution < -0.4 is 5.73 Å². The normalized spacial score (nSPS) is 21.2. The molecule has 1 aromatic carbocycles. The van der Waals surface area contributed by atoms with Gasteiger partial charge in [-0.3, -0.25) is 0 Å². The third-order valence-corrected chi connectivity index (χ3v) is 4.44. The first kappa shape index (κ1) is 13.0. The van der Waals surface area contributed by atoms with Gasteiger partial charge in [0.2, 0.25) is 0 Å². The van der Waals surface area contributed by atoms with Crippen LogP contribution in [-0.4, -0.2) is 0 Å². The number of alkyl halides is 1. The smallest absolute Gasteiger partial charge is 0.123 e. The van der Waals surface area contributed by atoms with Crippen LogP contribution in [0.2, 0.25) is 0 Å². The number of hydrogen-bond acceptors (Lipinski definition) is 1. The summed E-state index contributed by atoms with van der Waals surface area (Å²) in [6, 6.07) is 5.84. The van der Waals surface area contributed by atoms with E-state index in [9.17, 15) is 4.39 Å². The molecule has 0 aromatic heterocycles. The Bertz CT molecular complexity index is 397. The minimum Gasteiger partial charge on any atom is -0.321 e. The molecule has 0 amide bonds. The second-order valence-electron chi connectivity index (χ2n) is 5.07.